The molecule has 178 valence electrons. The van der Waals surface area contributed by atoms with Gasteiger partial charge >= 0.3 is 6.18 Å². The molecule has 0 fully saturated rings. The minimum absolute atomic E-state index is 0.0133. The summed E-state index contributed by atoms with van der Waals surface area (Å²) < 4.78 is 60.2. The summed E-state index contributed by atoms with van der Waals surface area (Å²) in [5.74, 6) is -1.05. The van der Waals surface area contributed by atoms with Crippen molar-refractivity contribution >= 4 is 28.4 Å². The lowest BCUT2D eigenvalue weighted by molar-refractivity contribution is -0.141. The Kier molecular flexibility index (Phi) is 5.07. The van der Waals surface area contributed by atoms with Crippen LogP contribution in [-0.4, -0.2) is 35.2 Å². The Hall–Kier alpha value is -4.62. The molecule has 0 aliphatic rings. The van der Waals surface area contributed by atoms with Crippen molar-refractivity contribution in [1.82, 2.24) is 29.3 Å². The second-order valence-electron chi connectivity index (χ2n) is 7.50. The molecule has 10 nitrogen and oxygen atoms in total. The number of nitrogens with zero attached hydrogens (tertiary/aromatic N) is 6. The van der Waals surface area contributed by atoms with Crippen molar-refractivity contribution in [1.29, 1.82) is 0 Å². The summed E-state index contributed by atoms with van der Waals surface area (Å²) in [7, 11) is 0. The Morgan fingerprint density at radius 1 is 1.17 bits per heavy atom. The highest BCUT2D eigenvalue weighted by molar-refractivity contribution is 5.90. The Balaban J connectivity index is 1.67. The number of fused-ring (bicyclic) bond motifs is 3. The third kappa shape index (κ3) is 4.09. The molecule has 14 heteroatoms. The summed E-state index contributed by atoms with van der Waals surface area (Å²) >= 11 is 0. The van der Waals surface area contributed by atoms with Crippen LogP contribution < -0.4 is 10.9 Å². The molecule has 5 aromatic rings. The van der Waals surface area contributed by atoms with E-state index in [0.717, 1.165) is 27.4 Å². The van der Waals surface area contributed by atoms with Crippen molar-refractivity contribution in [3.05, 3.63) is 70.2 Å². The molecule has 5 aromatic heterocycles. The number of hydrogen-bond donors (Lipinski definition) is 1. The van der Waals surface area contributed by atoms with Crippen molar-refractivity contribution in [2.75, 3.05) is 5.32 Å². The second-order valence-corrected chi connectivity index (χ2v) is 7.50. The van der Waals surface area contributed by atoms with Gasteiger partial charge in [0.1, 0.15) is 35.2 Å². The monoisotopic (exact) mass is 487 g/mol. The van der Waals surface area contributed by atoms with Crippen LogP contribution in [0.5, 0.6) is 0 Å². The van der Waals surface area contributed by atoms with Crippen LogP contribution in [0.3, 0.4) is 0 Å². The molecule has 5 heterocycles. The first-order valence-corrected chi connectivity index (χ1v) is 9.96. The number of aryl methyl sites for hydroxylation is 1. The highest BCUT2D eigenvalue weighted by Gasteiger charge is 2.33. The number of carbonyl (C=O) groups excluding carboxylic acids is 1. The number of nitrogens with one attached hydrogen (secondary N) is 1. The lowest BCUT2D eigenvalue weighted by atomic mass is 10.2. The minimum Gasteiger partial charge on any atom is -0.354 e. The third-order valence-corrected chi connectivity index (χ3v) is 4.99. The van der Waals surface area contributed by atoms with Crippen LogP contribution in [0, 0.1) is 12.7 Å². The van der Waals surface area contributed by atoms with Crippen LogP contribution in [0.4, 0.5) is 23.4 Å². The van der Waals surface area contributed by atoms with E-state index in [1.807, 2.05) is 0 Å². The fraction of sp³-hybridized carbons (Fsp3) is 0.143. The molecule has 0 atom stereocenters. The standard InChI is InChI=1S/C21H13F4N7O3/c1-10-6-14(35-30-10)13-7-18-31(9-17(33)28-16-5-2-11(22)8-26-16)20(34)12-3-4-15(21(23,24)25)27-19(12)32(18)29-13/h2-8H,9H2,1H3,(H,26,28,33). The van der Waals surface area contributed by atoms with Gasteiger partial charge in [0.25, 0.3) is 5.56 Å². The topological polar surface area (TPSA) is 120 Å². The molecule has 0 spiro atoms. The van der Waals surface area contributed by atoms with Crippen LogP contribution in [0.1, 0.15) is 11.4 Å². The number of pyridine rings is 2. The number of carbonyl (C=O) groups is 1. The summed E-state index contributed by atoms with van der Waals surface area (Å²) in [6.45, 7) is 1.12. The summed E-state index contributed by atoms with van der Waals surface area (Å²) in [5, 5.41) is 10.3. The maximum atomic E-state index is 13.3. The van der Waals surface area contributed by atoms with E-state index in [1.54, 1.807) is 13.0 Å². The number of amides is 1. The fourth-order valence-electron chi connectivity index (χ4n) is 3.44. The molecule has 0 saturated carbocycles. The van der Waals surface area contributed by atoms with Crippen LogP contribution in [0.15, 0.2) is 51.9 Å². The van der Waals surface area contributed by atoms with E-state index in [4.69, 9.17) is 4.52 Å². The summed E-state index contributed by atoms with van der Waals surface area (Å²) in [6, 6.07) is 6.89. The predicted octanol–water partition coefficient (Wildman–Crippen LogP) is 3.20. The Bertz CT molecular complexity index is 1650. The summed E-state index contributed by atoms with van der Waals surface area (Å²) in [5.41, 5.74) is -1.65. The maximum Gasteiger partial charge on any atom is 0.433 e. The quantitative estimate of drug-likeness (QED) is 0.387. The lowest BCUT2D eigenvalue weighted by Gasteiger charge is -2.12. The number of alkyl halides is 3. The average molecular weight is 487 g/mol. The van der Waals surface area contributed by atoms with Crippen molar-refractivity contribution in [3.63, 3.8) is 0 Å². The van der Waals surface area contributed by atoms with Crippen molar-refractivity contribution < 1.29 is 26.9 Å². The van der Waals surface area contributed by atoms with Crippen molar-refractivity contribution in [2.45, 2.75) is 19.6 Å². The Morgan fingerprint density at radius 2 is 1.97 bits per heavy atom. The molecule has 0 aliphatic carbocycles. The molecule has 1 amide bonds. The highest BCUT2D eigenvalue weighted by Crippen LogP contribution is 2.29. The van der Waals surface area contributed by atoms with Gasteiger partial charge in [-0.3, -0.25) is 14.2 Å². The minimum atomic E-state index is -4.75. The number of anilines is 1. The van der Waals surface area contributed by atoms with Crippen molar-refractivity contribution in [3.8, 4) is 11.5 Å². The first kappa shape index (κ1) is 22.2. The van der Waals surface area contributed by atoms with Crippen LogP contribution >= 0.6 is 0 Å². The van der Waals surface area contributed by atoms with Gasteiger partial charge in [-0.25, -0.2) is 14.4 Å². The SMILES string of the molecule is Cc1cc(-c2cc3n(CC(=O)Nc4ccc(F)cn4)c(=O)c4ccc(C(F)(F)F)nc4n3n2)on1. The third-order valence-electron chi connectivity index (χ3n) is 4.99. The van der Waals surface area contributed by atoms with Gasteiger partial charge in [0.05, 0.1) is 17.3 Å². The molecule has 1 N–H and O–H groups in total. The van der Waals surface area contributed by atoms with Crippen molar-refractivity contribution in [2.24, 2.45) is 0 Å². The van der Waals surface area contributed by atoms with Gasteiger partial charge in [-0.15, -0.1) is 0 Å². The van der Waals surface area contributed by atoms with Gasteiger partial charge in [0.2, 0.25) is 5.91 Å². The first-order chi connectivity index (χ1) is 16.6. The zero-order chi connectivity index (χ0) is 24.9. The summed E-state index contributed by atoms with van der Waals surface area (Å²) in [4.78, 5) is 33.2. The lowest BCUT2D eigenvalue weighted by Crippen LogP contribution is -2.30. The van der Waals surface area contributed by atoms with E-state index in [2.05, 4.69) is 25.5 Å². The van der Waals surface area contributed by atoms with Crippen LogP contribution in [0.25, 0.3) is 28.1 Å². The number of halogens is 4. The smallest absolute Gasteiger partial charge is 0.354 e. The highest BCUT2D eigenvalue weighted by atomic mass is 19.4. The Morgan fingerprint density at radius 3 is 2.63 bits per heavy atom. The van der Waals surface area contributed by atoms with Crippen LogP contribution in [0.2, 0.25) is 0 Å². The zero-order valence-corrected chi connectivity index (χ0v) is 17.7. The predicted molar refractivity (Wildman–Crippen MR) is 113 cm³/mol. The number of aromatic nitrogens is 6. The van der Waals surface area contributed by atoms with Crippen LogP contribution in [-0.2, 0) is 17.5 Å². The molecule has 0 saturated heterocycles. The Labute approximate surface area is 191 Å². The molecule has 0 aliphatic heterocycles. The van der Waals surface area contributed by atoms with E-state index in [0.29, 0.717) is 11.8 Å². The molecule has 0 aromatic carbocycles. The van der Waals surface area contributed by atoms with Gasteiger partial charge in [-0.05, 0) is 31.2 Å². The summed E-state index contributed by atoms with van der Waals surface area (Å²) in [6.07, 6.45) is -3.85. The van der Waals surface area contributed by atoms with E-state index in [9.17, 15) is 27.2 Å². The fourth-order valence-corrected chi connectivity index (χ4v) is 3.44. The molecular formula is C21H13F4N7O3. The van der Waals surface area contributed by atoms with E-state index in [-0.39, 0.29) is 34.0 Å². The second kappa shape index (κ2) is 8.00. The zero-order valence-electron chi connectivity index (χ0n) is 17.7. The number of rotatable bonds is 4. The maximum absolute atomic E-state index is 13.3. The number of hydrogen-bond acceptors (Lipinski definition) is 7. The average Bonchev–Trinajstić information content (AvgIpc) is 3.44. The normalized spacial score (nSPS) is 11.9. The van der Waals surface area contributed by atoms with Gasteiger partial charge in [-0.1, -0.05) is 5.16 Å². The molecule has 5 rings (SSSR count). The first-order valence-electron chi connectivity index (χ1n) is 9.96. The van der Waals surface area contributed by atoms with Gasteiger partial charge in [0.15, 0.2) is 11.4 Å². The van der Waals surface area contributed by atoms with E-state index < -0.39 is 35.7 Å². The largest absolute Gasteiger partial charge is 0.433 e. The van der Waals surface area contributed by atoms with E-state index in [1.165, 1.54) is 12.1 Å². The molecule has 0 unspecified atom stereocenters. The molecular weight excluding hydrogens is 474 g/mol. The molecule has 35 heavy (non-hydrogen) atoms. The van der Waals surface area contributed by atoms with Gasteiger partial charge in [0, 0.05) is 12.1 Å². The van der Waals surface area contributed by atoms with E-state index >= 15 is 0 Å². The molecule has 0 bridgehead atoms. The van der Waals surface area contributed by atoms with Gasteiger partial charge < -0.3 is 9.84 Å². The molecule has 0 radical (unpaired) electrons. The van der Waals surface area contributed by atoms with Gasteiger partial charge in [-0.2, -0.15) is 22.8 Å².